The largest absolute Gasteiger partial charge is 0.468 e. The van der Waals surface area contributed by atoms with Gasteiger partial charge in [0.25, 0.3) is 0 Å². The minimum absolute atomic E-state index is 0.117. The molecule has 0 amide bonds. The first-order chi connectivity index (χ1) is 15.3. The van der Waals surface area contributed by atoms with Gasteiger partial charge in [-0.25, -0.2) is 4.79 Å². The predicted octanol–water partition coefficient (Wildman–Crippen LogP) is 3.19. The third-order valence-corrected chi connectivity index (χ3v) is 6.04. The molecule has 1 aliphatic carbocycles. The van der Waals surface area contributed by atoms with Crippen LogP contribution in [0.4, 0.5) is 0 Å². The highest BCUT2D eigenvalue weighted by Crippen LogP contribution is 2.45. The molecular formula is C25H31NO6. The maximum atomic E-state index is 13.6. The molecule has 0 radical (unpaired) electrons. The van der Waals surface area contributed by atoms with Gasteiger partial charge < -0.3 is 19.5 Å². The fraction of sp³-hybridized carbons (Fsp3) is 0.480. The van der Waals surface area contributed by atoms with Crippen molar-refractivity contribution in [2.24, 2.45) is 11.8 Å². The van der Waals surface area contributed by atoms with Gasteiger partial charge >= 0.3 is 11.9 Å². The van der Waals surface area contributed by atoms with Gasteiger partial charge in [-0.1, -0.05) is 36.8 Å². The van der Waals surface area contributed by atoms with Gasteiger partial charge in [0, 0.05) is 29.5 Å². The number of allylic oxidation sites excluding steroid dienone is 3. The zero-order valence-corrected chi connectivity index (χ0v) is 19.3. The van der Waals surface area contributed by atoms with Crippen molar-refractivity contribution in [3.8, 4) is 0 Å². The molecule has 1 aromatic rings. The number of ether oxygens (including phenoxy) is 3. The standard InChI is InChI=1S/C25H31NO6/c1-6-31-11-12-32-25(29)20-16(4)26-18-13-15(3)19(24(28)30-5)23(27)22(18)21(20)17-9-7-14(2)8-10-17/h7-10,15,19,21,26H,6,11-13H2,1-5H3/t15-,19-,21+/m1/s1. The summed E-state index contributed by atoms with van der Waals surface area (Å²) in [5, 5.41) is 3.25. The first kappa shape index (κ1) is 23.7. The maximum absolute atomic E-state index is 13.6. The molecule has 7 heteroatoms. The SMILES string of the molecule is CCOCCOC(=O)C1=C(C)NC2=C(C(=O)[C@H](C(=O)OC)[C@H](C)C2)[C@H]1c1ccc(C)cc1. The van der Waals surface area contributed by atoms with Crippen LogP contribution < -0.4 is 5.32 Å². The van der Waals surface area contributed by atoms with Gasteiger partial charge in [-0.05, 0) is 38.7 Å². The van der Waals surface area contributed by atoms with Crippen molar-refractivity contribution in [3.63, 3.8) is 0 Å². The molecule has 1 aliphatic heterocycles. The van der Waals surface area contributed by atoms with Crippen LogP contribution in [0, 0.1) is 18.8 Å². The van der Waals surface area contributed by atoms with Crippen LogP contribution in [-0.2, 0) is 28.6 Å². The van der Waals surface area contributed by atoms with E-state index in [1.165, 1.54) is 7.11 Å². The van der Waals surface area contributed by atoms with E-state index >= 15 is 0 Å². The Balaban J connectivity index is 2.06. The summed E-state index contributed by atoms with van der Waals surface area (Å²) in [7, 11) is 1.29. The minimum Gasteiger partial charge on any atom is -0.468 e. The Morgan fingerprint density at radius 1 is 1.12 bits per heavy atom. The van der Waals surface area contributed by atoms with E-state index in [1.54, 1.807) is 0 Å². The Morgan fingerprint density at radius 2 is 1.81 bits per heavy atom. The minimum atomic E-state index is -0.901. The quantitative estimate of drug-likeness (QED) is 0.395. The van der Waals surface area contributed by atoms with E-state index in [4.69, 9.17) is 14.2 Å². The Morgan fingerprint density at radius 3 is 2.44 bits per heavy atom. The number of carbonyl (C=O) groups excluding carboxylic acids is 3. The van der Waals surface area contributed by atoms with E-state index in [0.717, 1.165) is 16.8 Å². The molecule has 32 heavy (non-hydrogen) atoms. The van der Waals surface area contributed by atoms with Gasteiger partial charge in [0.05, 0.1) is 19.3 Å². The monoisotopic (exact) mass is 441 g/mol. The first-order valence-electron chi connectivity index (χ1n) is 10.9. The Kier molecular flexibility index (Phi) is 7.51. The van der Waals surface area contributed by atoms with Gasteiger partial charge in [-0.3, -0.25) is 9.59 Å². The molecule has 7 nitrogen and oxygen atoms in total. The molecule has 0 saturated carbocycles. The van der Waals surface area contributed by atoms with Gasteiger partial charge in [-0.2, -0.15) is 0 Å². The third-order valence-electron chi connectivity index (χ3n) is 6.04. The number of ketones is 1. The van der Waals surface area contributed by atoms with Gasteiger partial charge in [0.15, 0.2) is 5.78 Å². The number of benzene rings is 1. The second kappa shape index (κ2) is 10.1. The average Bonchev–Trinajstić information content (AvgIpc) is 2.76. The summed E-state index contributed by atoms with van der Waals surface area (Å²) >= 11 is 0. The highest BCUT2D eigenvalue weighted by atomic mass is 16.6. The maximum Gasteiger partial charge on any atom is 0.336 e. The number of hydrogen-bond acceptors (Lipinski definition) is 7. The lowest BCUT2D eigenvalue weighted by molar-refractivity contribution is -0.151. The van der Waals surface area contributed by atoms with Crippen molar-refractivity contribution in [1.29, 1.82) is 0 Å². The Labute approximate surface area is 188 Å². The zero-order chi connectivity index (χ0) is 23.4. The molecule has 1 heterocycles. The third kappa shape index (κ3) is 4.63. The van der Waals surface area contributed by atoms with Crippen LogP contribution in [0.3, 0.4) is 0 Å². The van der Waals surface area contributed by atoms with Gasteiger partial charge in [-0.15, -0.1) is 0 Å². The topological polar surface area (TPSA) is 90.9 Å². The van der Waals surface area contributed by atoms with Crippen LogP contribution in [0.25, 0.3) is 0 Å². The smallest absolute Gasteiger partial charge is 0.336 e. The molecule has 0 unspecified atom stereocenters. The number of nitrogens with one attached hydrogen (secondary N) is 1. The first-order valence-corrected chi connectivity index (χ1v) is 10.9. The van der Waals surface area contributed by atoms with Crippen LogP contribution >= 0.6 is 0 Å². The summed E-state index contributed by atoms with van der Waals surface area (Å²) in [6.07, 6.45) is 0.507. The molecule has 1 N–H and O–H groups in total. The van der Waals surface area contributed by atoms with E-state index in [1.807, 2.05) is 52.0 Å². The van der Waals surface area contributed by atoms with Crippen LogP contribution in [0.5, 0.6) is 0 Å². The molecule has 0 bridgehead atoms. The van der Waals surface area contributed by atoms with Gasteiger partial charge in [0.2, 0.25) is 0 Å². The fourth-order valence-corrected chi connectivity index (χ4v) is 4.46. The van der Waals surface area contributed by atoms with E-state index in [0.29, 0.717) is 36.5 Å². The van der Waals surface area contributed by atoms with Crippen molar-refractivity contribution in [2.75, 3.05) is 26.9 Å². The van der Waals surface area contributed by atoms with Crippen molar-refractivity contribution >= 4 is 17.7 Å². The lowest BCUT2D eigenvalue weighted by atomic mass is 9.69. The number of rotatable bonds is 7. The normalized spacial score (nSPS) is 22.9. The Bertz CT molecular complexity index is 959. The highest BCUT2D eigenvalue weighted by Gasteiger charge is 2.47. The summed E-state index contributed by atoms with van der Waals surface area (Å²) in [6.45, 7) is 8.46. The molecule has 0 saturated heterocycles. The number of esters is 2. The average molecular weight is 442 g/mol. The second-order valence-corrected chi connectivity index (χ2v) is 8.28. The van der Waals surface area contributed by atoms with Crippen molar-refractivity contribution in [1.82, 2.24) is 5.32 Å². The highest BCUT2D eigenvalue weighted by molar-refractivity contribution is 6.12. The van der Waals surface area contributed by atoms with E-state index in [9.17, 15) is 14.4 Å². The second-order valence-electron chi connectivity index (χ2n) is 8.28. The number of carbonyl (C=O) groups is 3. The fourth-order valence-electron chi connectivity index (χ4n) is 4.46. The van der Waals surface area contributed by atoms with Gasteiger partial charge in [0.1, 0.15) is 12.5 Å². The molecular weight excluding hydrogens is 410 g/mol. The van der Waals surface area contributed by atoms with E-state index in [2.05, 4.69) is 5.32 Å². The van der Waals surface area contributed by atoms with Crippen LogP contribution in [-0.4, -0.2) is 44.7 Å². The number of Topliss-reactive ketones (excluding diaryl/α,β-unsaturated/α-hetero) is 1. The van der Waals surface area contributed by atoms with Crippen LogP contribution in [0.2, 0.25) is 0 Å². The summed E-state index contributed by atoms with van der Waals surface area (Å²) in [5.41, 5.74) is 4.06. The molecule has 3 rings (SSSR count). The molecule has 172 valence electrons. The van der Waals surface area contributed by atoms with Crippen molar-refractivity contribution < 1.29 is 28.6 Å². The summed E-state index contributed by atoms with van der Waals surface area (Å²) in [5.74, 6) is -3.11. The number of dihydropyridines is 1. The number of methoxy groups -OCH3 is 1. The summed E-state index contributed by atoms with van der Waals surface area (Å²) in [6, 6.07) is 7.71. The molecule has 1 aromatic carbocycles. The van der Waals surface area contributed by atoms with E-state index < -0.39 is 23.8 Å². The van der Waals surface area contributed by atoms with E-state index in [-0.39, 0.29) is 18.3 Å². The molecule has 0 spiro atoms. The summed E-state index contributed by atoms with van der Waals surface area (Å²) < 4.78 is 15.7. The number of hydrogen-bond donors (Lipinski definition) is 1. The van der Waals surface area contributed by atoms with Crippen LogP contribution in [0.15, 0.2) is 46.8 Å². The lowest BCUT2D eigenvalue weighted by Gasteiger charge is -2.38. The zero-order valence-electron chi connectivity index (χ0n) is 19.3. The van der Waals surface area contributed by atoms with Crippen molar-refractivity contribution in [2.45, 2.75) is 40.0 Å². The van der Waals surface area contributed by atoms with Crippen LogP contribution in [0.1, 0.15) is 44.2 Å². The molecule has 0 fully saturated rings. The molecule has 3 atom stereocenters. The Hall–Kier alpha value is -2.93. The number of aryl methyl sites for hydroxylation is 1. The van der Waals surface area contributed by atoms with Crippen molar-refractivity contribution in [3.05, 3.63) is 57.9 Å². The molecule has 2 aliphatic rings. The summed E-state index contributed by atoms with van der Waals surface area (Å²) in [4.78, 5) is 39.2. The predicted molar refractivity (Wildman–Crippen MR) is 119 cm³/mol. The lowest BCUT2D eigenvalue weighted by Crippen LogP contribution is -2.43. The molecule has 0 aromatic heterocycles.